The molecule has 2 bridgehead atoms. The highest BCUT2D eigenvalue weighted by Gasteiger charge is 2.64. The molecular weight excluding hydrogens is 450 g/mol. The van der Waals surface area contributed by atoms with Crippen molar-refractivity contribution < 1.29 is 33.2 Å². The lowest BCUT2D eigenvalue weighted by Crippen LogP contribution is -2.65. The van der Waals surface area contributed by atoms with Crippen molar-refractivity contribution >= 4 is 0 Å². The molecule has 3 unspecified atom stereocenters. The summed E-state index contributed by atoms with van der Waals surface area (Å²) in [4.78, 5) is 2.52. The van der Waals surface area contributed by atoms with E-state index in [4.69, 9.17) is 33.2 Å². The summed E-state index contributed by atoms with van der Waals surface area (Å²) in [6.07, 6.45) is 6.58. The van der Waals surface area contributed by atoms with Crippen LogP contribution in [0.4, 0.5) is 0 Å². The molecule has 1 aromatic carbocycles. The highest BCUT2D eigenvalue weighted by Crippen LogP contribution is 2.62. The van der Waals surface area contributed by atoms with Crippen LogP contribution in [0.5, 0.6) is 11.5 Å². The van der Waals surface area contributed by atoms with Crippen LogP contribution in [-0.2, 0) is 35.5 Å². The number of ether oxygens (including phenoxy) is 7. The van der Waals surface area contributed by atoms with Gasteiger partial charge in [0.05, 0.1) is 60.0 Å². The van der Waals surface area contributed by atoms with E-state index >= 15 is 0 Å². The van der Waals surface area contributed by atoms with Crippen molar-refractivity contribution in [3.63, 3.8) is 0 Å². The number of hydrogen-bond donors (Lipinski definition) is 0. The number of likely N-dealkylation sites (tertiary alicyclic amines) is 1. The second-order valence-electron chi connectivity index (χ2n) is 9.79. The summed E-state index contributed by atoms with van der Waals surface area (Å²) < 4.78 is 40.3. The SMILES string of the molecule is COCCOCCOCCOCCO[C@H]1C=CC2C3Cc4ccc(OC)c5c4[C@@]2(CCN3C)C1O5. The molecule has 1 aromatic rings. The van der Waals surface area contributed by atoms with Crippen LogP contribution in [0.2, 0.25) is 0 Å². The van der Waals surface area contributed by atoms with Gasteiger partial charge < -0.3 is 38.1 Å². The predicted molar refractivity (Wildman–Crippen MR) is 131 cm³/mol. The zero-order chi connectivity index (χ0) is 24.3. The van der Waals surface area contributed by atoms with Crippen molar-refractivity contribution in [3.05, 3.63) is 35.4 Å². The Labute approximate surface area is 208 Å². The minimum Gasteiger partial charge on any atom is -0.493 e. The van der Waals surface area contributed by atoms with Crippen LogP contribution in [-0.4, -0.2) is 104 Å². The van der Waals surface area contributed by atoms with E-state index in [2.05, 4.69) is 36.2 Å². The Kier molecular flexibility index (Phi) is 7.96. The summed E-state index contributed by atoms with van der Waals surface area (Å²) in [5, 5.41) is 0. The monoisotopic (exact) mass is 489 g/mol. The third-order valence-electron chi connectivity index (χ3n) is 8.05. The maximum Gasteiger partial charge on any atom is 0.165 e. The van der Waals surface area contributed by atoms with Crippen LogP contribution < -0.4 is 9.47 Å². The van der Waals surface area contributed by atoms with Crippen LogP contribution in [0, 0.1) is 5.92 Å². The van der Waals surface area contributed by atoms with Gasteiger partial charge in [-0.05, 0) is 38.1 Å². The first kappa shape index (κ1) is 25.0. The summed E-state index contributed by atoms with van der Waals surface area (Å²) in [5.74, 6) is 2.19. The quantitative estimate of drug-likeness (QED) is 0.291. The van der Waals surface area contributed by atoms with Gasteiger partial charge in [0, 0.05) is 30.0 Å². The summed E-state index contributed by atoms with van der Waals surface area (Å²) in [5.41, 5.74) is 2.72. The Morgan fingerprint density at radius 2 is 1.66 bits per heavy atom. The van der Waals surface area contributed by atoms with Crippen molar-refractivity contribution in [1.82, 2.24) is 4.90 Å². The molecule has 0 aromatic heterocycles. The molecule has 1 fully saturated rings. The molecule has 194 valence electrons. The van der Waals surface area contributed by atoms with Gasteiger partial charge in [-0.1, -0.05) is 18.2 Å². The lowest BCUT2D eigenvalue weighted by atomic mass is 9.53. The average molecular weight is 490 g/mol. The van der Waals surface area contributed by atoms with Crippen molar-refractivity contribution in [3.8, 4) is 11.5 Å². The molecule has 0 N–H and O–H groups in total. The summed E-state index contributed by atoms with van der Waals surface area (Å²) >= 11 is 0. The Bertz CT molecular complexity index is 893. The van der Waals surface area contributed by atoms with Gasteiger partial charge in [-0.2, -0.15) is 0 Å². The third kappa shape index (κ3) is 4.61. The van der Waals surface area contributed by atoms with Gasteiger partial charge in [0.1, 0.15) is 12.2 Å². The van der Waals surface area contributed by atoms with Gasteiger partial charge in [-0.3, -0.25) is 0 Å². The minimum absolute atomic E-state index is 0.0412. The molecule has 0 amide bonds. The Morgan fingerprint density at radius 3 is 2.37 bits per heavy atom. The maximum absolute atomic E-state index is 6.71. The maximum atomic E-state index is 6.71. The predicted octanol–water partition coefficient (Wildman–Crippen LogP) is 2.22. The minimum atomic E-state index is -0.109. The van der Waals surface area contributed by atoms with Crippen molar-refractivity contribution in [2.24, 2.45) is 5.92 Å². The Balaban J connectivity index is 1.15. The van der Waals surface area contributed by atoms with E-state index in [0.29, 0.717) is 64.8 Å². The number of piperidine rings is 1. The average Bonchev–Trinajstić information content (AvgIpc) is 3.22. The van der Waals surface area contributed by atoms with Gasteiger partial charge in [0.15, 0.2) is 11.5 Å². The topological polar surface area (TPSA) is 67.9 Å². The molecule has 2 aliphatic carbocycles. The smallest absolute Gasteiger partial charge is 0.165 e. The van der Waals surface area contributed by atoms with E-state index < -0.39 is 0 Å². The number of benzene rings is 1. The van der Waals surface area contributed by atoms with Crippen molar-refractivity contribution in [1.29, 1.82) is 0 Å². The van der Waals surface area contributed by atoms with E-state index in [-0.39, 0.29) is 17.6 Å². The third-order valence-corrected chi connectivity index (χ3v) is 8.05. The molecule has 4 aliphatic rings. The van der Waals surface area contributed by atoms with Crippen LogP contribution in [0.1, 0.15) is 17.5 Å². The van der Waals surface area contributed by atoms with Crippen molar-refractivity contribution in [2.45, 2.75) is 36.5 Å². The fraction of sp³-hybridized carbons (Fsp3) is 0.704. The molecule has 2 heterocycles. The second-order valence-corrected chi connectivity index (χ2v) is 9.79. The number of nitrogens with zero attached hydrogens (tertiary/aromatic N) is 1. The first-order chi connectivity index (χ1) is 17.2. The van der Waals surface area contributed by atoms with E-state index in [1.807, 2.05) is 0 Å². The summed E-state index contributed by atoms with van der Waals surface area (Å²) in [6, 6.07) is 4.79. The van der Waals surface area contributed by atoms with Gasteiger partial charge in [0.25, 0.3) is 0 Å². The number of rotatable bonds is 14. The highest BCUT2D eigenvalue weighted by atomic mass is 16.6. The summed E-state index contributed by atoms with van der Waals surface area (Å²) in [7, 11) is 5.64. The summed E-state index contributed by atoms with van der Waals surface area (Å²) in [6.45, 7) is 5.49. The Hall–Kier alpha value is -1.68. The van der Waals surface area contributed by atoms with Gasteiger partial charge >= 0.3 is 0 Å². The largest absolute Gasteiger partial charge is 0.493 e. The van der Waals surface area contributed by atoms with Gasteiger partial charge in [-0.15, -0.1) is 0 Å². The first-order valence-electron chi connectivity index (χ1n) is 12.8. The molecule has 1 saturated heterocycles. The van der Waals surface area contributed by atoms with Crippen LogP contribution in [0.25, 0.3) is 0 Å². The fourth-order valence-corrected chi connectivity index (χ4v) is 6.44. The van der Waals surface area contributed by atoms with Crippen LogP contribution in [0.15, 0.2) is 24.3 Å². The number of likely N-dealkylation sites (N-methyl/N-ethyl adjacent to an activating group) is 1. The fourth-order valence-electron chi connectivity index (χ4n) is 6.44. The molecule has 0 saturated carbocycles. The molecule has 0 radical (unpaired) electrons. The molecule has 5 rings (SSSR count). The zero-order valence-electron chi connectivity index (χ0n) is 21.2. The molecule has 5 atom stereocenters. The van der Waals surface area contributed by atoms with Gasteiger partial charge in [0.2, 0.25) is 0 Å². The highest BCUT2D eigenvalue weighted by molar-refractivity contribution is 5.62. The van der Waals surface area contributed by atoms with Crippen LogP contribution in [0.3, 0.4) is 0 Å². The molecule has 35 heavy (non-hydrogen) atoms. The first-order valence-corrected chi connectivity index (χ1v) is 12.8. The normalized spacial score (nSPS) is 30.3. The zero-order valence-corrected chi connectivity index (χ0v) is 21.2. The Morgan fingerprint density at radius 1 is 0.943 bits per heavy atom. The van der Waals surface area contributed by atoms with E-state index in [1.54, 1.807) is 14.2 Å². The molecular formula is C27H39NO7. The standard InChI is InChI=1S/C27H39NO7/c1-28-9-8-27-20-5-7-23(34-17-16-33-15-14-32-13-12-31-11-10-29-2)26(27)35-25-22(30-3)6-4-19(24(25)27)18-21(20)28/h4-7,20-21,23,26H,8-18H2,1-3H3/t20?,21?,23-,26?,27-/m0/s1. The van der Waals surface area contributed by atoms with Gasteiger partial charge in [-0.25, -0.2) is 0 Å². The van der Waals surface area contributed by atoms with Crippen molar-refractivity contribution in [2.75, 3.05) is 80.7 Å². The van der Waals surface area contributed by atoms with Crippen LogP contribution >= 0.6 is 0 Å². The second kappa shape index (κ2) is 11.2. The molecule has 8 nitrogen and oxygen atoms in total. The lowest BCUT2D eigenvalue weighted by molar-refractivity contribution is -0.0818. The molecule has 1 spiro atoms. The lowest BCUT2D eigenvalue weighted by Gasteiger charge is -2.56. The molecule has 2 aliphatic heterocycles. The van der Waals surface area contributed by atoms with E-state index in [9.17, 15) is 0 Å². The van der Waals surface area contributed by atoms with E-state index in [0.717, 1.165) is 30.9 Å². The van der Waals surface area contributed by atoms with E-state index in [1.165, 1.54) is 11.1 Å². The number of methoxy groups -OCH3 is 2. The molecule has 8 heteroatoms. The number of hydrogen-bond acceptors (Lipinski definition) is 8.